The summed E-state index contributed by atoms with van der Waals surface area (Å²) in [5.74, 6) is -0.0932. The summed E-state index contributed by atoms with van der Waals surface area (Å²) in [5.41, 5.74) is 5.33. The summed E-state index contributed by atoms with van der Waals surface area (Å²) in [4.78, 5) is 32.0. The molecule has 7 heteroatoms. The predicted molar refractivity (Wildman–Crippen MR) is 73.5 cm³/mol. The van der Waals surface area contributed by atoms with Crippen LogP contribution < -0.4 is 10.5 Å². The first-order valence-electron chi connectivity index (χ1n) is 5.82. The average molecular weight is 286 g/mol. The van der Waals surface area contributed by atoms with Crippen molar-refractivity contribution in [2.45, 2.75) is 0 Å². The first-order chi connectivity index (χ1) is 10.0. The standard InChI is InChI=1S/C14H10N2O5/c15-14(18)13-7-12(4-1-9(13)8-17)21-11-5-2-10(3-6-11)16(19)20/h1-8H,(H2,15,18). The van der Waals surface area contributed by atoms with Gasteiger partial charge in [-0.1, -0.05) is 0 Å². The molecule has 0 unspecified atom stereocenters. The highest BCUT2D eigenvalue weighted by molar-refractivity contribution is 6.00. The zero-order valence-electron chi connectivity index (χ0n) is 10.7. The quantitative estimate of drug-likeness (QED) is 0.514. The number of ether oxygens (including phenoxy) is 1. The van der Waals surface area contributed by atoms with E-state index in [-0.39, 0.29) is 16.8 Å². The first kappa shape index (κ1) is 14.2. The van der Waals surface area contributed by atoms with Gasteiger partial charge in [0.1, 0.15) is 11.5 Å². The van der Waals surface area contributed by atoms with Crippen molar-refractivity contribution >= 4 is 17.9 Å². The summed E-state index contributed by atoms with van der Waals surface area (Å²) < 4.78 is 5.46. The summed E-state index contributed by atoms with van der Waals surface area (Å²) >= 11 is 0. The lowest BCUT2D eigenvalue weighted by atomic mass is 10.1. The Morgan fingerprint density at radius 2 is 1.76 bits per heavy atom. The number of carbonyl (C=O) groups excluding carboxylic acids is 2. The van der Waals surface area contributed by atoms with Gasteiger partial charge in [-0.15, -0.1) is 0 Å². The lowest BCUT2D eigenvalue weighted by molar-refractivity contribution is -0.384. The van der Waals surface area contributed by atoms with Crippen molar-refractivity contribution in [1.82, 2.24) is 0 Å². The Kier molecular flexibility index (Phi) is 3.94. The summed E-state index contributed by atoms with van der Waals surface area (Å²) in [6, 6.07) is 9.69. The fraction of sp³-hybridized carbons (Fsp3) is 0. The Morgan fingerprint density at radius 1 is 1.14 bits per heavy atom. The zero-order valence-corrected chi connectivity index (χ0v) is 10.7. The second-order valence-electron chi connectivity index (χ2n) is 4.08. The maximum absolute atomic E-state index is 11.2. The lowest BCUT2D eigenvalue weighted by Gasteiger charge is -2.07. The molecule has 0 spiro atoms. The van der Waals surface area contributed by atoms with E-state index in [1.165, 1.54) is 42.5 Å². The van der Waals surface area contributed by atoms with Gasteiger partial charge in [0.25, 0.3) is 5.69 Å². The SMILES string of the molecule is NC(=O)c1cc(Oc2ccc([N+](=O)[O-])cc2)ccc1C=O. The van der Waals surface area contributed by atoms with Gasteiger partial charge >= 0.3 is 0 Å². The minimum atomic E-state index is -0.744. The Balaban J connectivity index is 2.27. The second kappa shape index (κ2) is 5.83. The number of hydrogen-bond donors (Lipinski definition) is 1. The number of nitro groups is 1. The van der Waals surface area contributed by atoms with Crippen molar-refractivity contribution in [3.05, 3.63) is 63.7 Å². The minimum absolute atomic E-state index is 0.0458. The number of nitrogens with zero attached hydrogens (tertiary/aromatic N) is 1. The van der Waals surface area contributed by atoms with E-state index in [4.69, 9.17) is 10.5 Å². The Bertz CT molecular complexity index is 710. The van der Waals surface area contributed by atoms with Crippen LogP contribution in [0.1, 0.15) is 20.7 Å². The summed E-state index contributed by atoms with van der Waals surface area (Å²) in [7, 11) is 0. The van der Waals surface area contributed by atoms with Gasteiger partial charge in [0.15, 0.2) is 6.29 Å². The average Bonchev–Trinajstić information content (AvgIpc) is 2.47. The van der Waals surface area contributed by atoms with Crippen molar-refractivity contribution in [3.8, 4) is 11.5 Å². The third kappa shape index (κ3) is 3.21. The number of primary amides is 1. The molecule has 0 radical (unpaired) electrons. The highest BCUT2D eigenvalue weighted by Gasteiger charge is 2.10. The second-order valence-corrected chi connectivity index (χ2v) is 4.08. The van der Waals surface area contributed by atoms with Gasteiger partial charge in [-0.2, -0.15) is 0 Å². The first-order valence-corrected chi connectivity index (χ1v) is 5.82. The highest BCUT2D eigenvalue weighted by Crippen LogP contribution is 2.25. The van der Waals surface area contributed by atoms with Crippen molar-refractivity contribution in [3.63, 3.8) is 0 Å². The Morgan fingerprint density at radius 3 is 2.29 bits per heavy atom. The largest absolute Gasteiger partial charge is 0.457 e. The maximum Gasteiger partial charge on any atom is 0.269 e. The van der Waals surface area contributed by atoms with E-state index in [1.54, 1.807) is 0 Å². The number of amides is 1. The molecule has 0 aliphatic heterocycles. The number of hydrogen-bond acceptors (Lipinski definition) is 5. The van der Waals surface area contributed by atoms with E-state index in [9.17, 15) is 19.7 Å². The molecule has 21 heavy (non-hydrogen) atoms. The van der Waals surface area contributed by atoms with Crippen LogP contribution in [0, 0.1) is 10.1 Å². The van der Waals surface area contributed by atoms with Gasteiger partial charge in [0.05, 0.1) is 10.5 Å². The van der Waals surface area contributed by atoms with Crippen LogP contribution in [-0.4, -0.2) is 17.1 Å². The smallest absolute Gasteiger partial charge is 0.269 e. The normalized spacial score (nSPS) is 9.90. The molecule has 7 nitrogen and oxygen atoms in total. The lowest BCUT2D eigenvalue weighted by Crippen LogP contribution is -2.13. The van der Waals surface area contributed by atoms with Gasteiger partial charge in [-0.3, -0.25) is 19.7 Å². The van der Waals surface area contributed by atoms with Crippen LogP contribution in [0.25, 0.3) is 0 Å². The van der Waals surface area contributed by atoms with Crippen LogP contribution in [0.4, 0.5) is 5.69 Å². The van der Waals surface area contributed by atoms with Crippen molar-refractivity contribution in [1.29, 1.82) is 0 Å². The molecule has 2 aromatic rings. The molecule has 0 aliphatic carbocycles. The fourth-order valence-electron chi connectivity index (χ4n) is 1.69. The van der Waals surface area contributed by atoms with E-state index >= 15 is 0 Å². The van der Waals surface area contributed by atoms with Crippen LogP contribution in [-0.2, 0) is 0 Å². The van der Waals surface area contributed by atoms with Crippen molar-refractivity contribution in [2.75, 3.05) is 0 Å². The molecule has 2 rings (SSSR count). The number of non-ortho nitro benzene ring substituents is 1. The van der Waals surface area contributed by atoms with E-state index in [0.29, 0.717) is 17.8 Å². The van der Waals surface area contributed by atoms with Gasteiger partial charge in [0.2, 0.25) is 5.91 Å². The molecule has 0 saturated carbocycles. The molecule has 0 heterocycles. The third-order valence-electron chi connectivity index (χ3n) is 2.70. The Hall–Kier alpha value is -3.22. The van der Waals surface area contributed by atoms with Gasteiger partial charge in [-0.05, 0) is 30.3 Å². The van der Waals surface area contributed by atoms with Crippen LogP contribution in [0.3, 0.4) is 0 Å². The van der Waals surface area contributed by atoms with E-state index in [0.717, 1.165) is 0 Å². The topological polar surface area (TPSA) is 113 Å². The van der Waals surface area contributed by atoms with Crippen molar-refractivity contribution in [2.24, 2.45) is 5.73 Å². The molecule has 0 atom stereocenters. The van der Waals surface area contributed by atoms with Crippen LogP contribution in [0.5, 0.6) is 11.5 Å². The Labute approximate surface area is 119 Å². The summed E-state index contributed by atoms with van der Waals surface area (Å²) in [5, 5.41) is 10.5. The number of aldehydes is 1. The van der Waals surface area contributed by atoms with Crippen LogP contribution >= 0.6 is 0 Å². The molecule has 106 valence electrons. The summed E-state index contributed by atoms with van der Waals surface area (Å²) in [6.07, 6.45) is 0.524. The molecule has 1 amide bonds. The molecule has 0 aliphatic rings. The molecule has 0 fully saturated rings. The molecule has 0 bridgehead atoms. The molecule has 0 aromatic heterocycles. The number of nitro benzene ring substituents is 1. The fourth-order valence-corrected chi connectivity index (χ4v) is 1.69. The maximum atomic E-state index is 11.2. The predicted octanol–water partition coefficient (Wildman–Crippen LogP) is 2.30. The number of nitrogens with two attached hydrogens (primary N) is 1. The van der Waals surface area contributed by atoms with E-state index in [1.807, 2.05) is 0 Å². The monoisotopic (exact) mass is 286 g/mol. The molecular weight excluding hydrogens is 276 g/mol. The molecule has 2 aromatic carbocycles. The molecule has 2 N–H and O–H groups in total. The highest BCUT2D eigenvalue weighted by atomic mass is 16.6. The van der Waals surface area contributed by atoms with E-state index < -0.39 is 10.8 Å². The summed E-state index contributed by atoms with van der Waals surface area (Å²) in [6.45, 7) is 0. The van der Waals surface area contributed by atoms with Gasteiger partial charge in [-0.25, -0.2) is 0 Å². The number of carbonyl (C=O) groups is 2. The van der Waals surface area contributed by atoms with Gasteiger partial charge < -0.3 is 10.5 Å². The number of benzene rings is 2. The van der Waals surface area contributed by atoms with Crippen LogP contribution in [0.15, 0.2) is 42.5 Å². The van der Waals surface area contributed by atoms with Gasteiger partial charge in [0, 0.05) is 17.7 Å². The zero-order chi connectivity index (χ0) is 15.4. The van der Waals surface area contributed by atoms with E-state index in [2.05, 4.69) is 0 Å². The van der Waals surface area contributed by atoms with Crippen molar-refractivity contribution < 1.29 is 19.2 Å². The molecule has 0 saturated heterocycles. The molecular formula is C14H10N2O5. The third-order valence-corrected chi connectivity index (χ3v) is 2.70. The van der Waals surface area contributed by atoms with Crippen LogP contribution in [0.2, 0.25) is 0 Å². The number of rotatable bonds is 5. The minimum Gasteiger partial charge on any atom is -0.457 e.